The van der Waals surface area contributed by atoms with Gasteiger partial charge >= 0.3 is 0 Å². The lowest BCUT2D eigenvalue weighted by Crippen LogP contribution is -2.12. The average molecular weight is 603 g/mol. The van der Waals surface area contributed by atoms with E-state index in [1.54, 1.807) is 0 Å². The molecule has 0 N–H and O–H groups in total. The maximum atomic E-state index is 6.35. The molecule has 0 amide bonds. The second kappa shape index (κ2) is 10.1. The van der Waals surface area contributed by atoms with Crippen molar-refractivity contribution in [3.05, 3.63) is 158 Å². The number of anilines is 3. The molecule has 4 heteroatoms. The van der Waals surface area contributed by atoms with Crippen molar-refractivity contribution < 1.29 is 8.83 Å². The van der Waals surface area contributed by atoms with E-state index in [0.29, 0.717) is 0 Å². The third-order valence-corrected chi connectivity index (χ3v) is 9.23. The van der Waals surface area contributed by atoms with Crippen LogP contribution in [-0.4, -0.2) is 4.98 Å². The first-order valence-electron chi connectivity index (χ1n) is 15.8. The fraction of sp³-hybridized carbons (Fsp3) is 0. The standard InChI is InChI=1S/C43H26N2O2/c1-2-10-28(11-3-1)36-14-8-19-42(44-36)45(37-15-9-18-40-43(37)32-13-5-7-17-39(32)46-40)30-23-22-27-20-21-29-24-41-35(26-34(29)33(27)25-30)31-12-4-6-16-38(31)47-41/h1-26H. The molecule has 220 valence electrons. The lowest BCUT2D eigenvalue weighted by atomic mass is 9.99. The van der Waals surface area contributed by atoms with Gasteiger partial charge in [0, 0.05) is 27.4 Å². The number of para-hydroxylation sites is 2. The highest BCUT2D eigenvalue weighted by Crippen LogP contribution is 2.44. The van der Waals surface area contributed by atoms with Crippen LogP contribution in [0.5, 0.6) is 0 Å². The van der Waals surface area contributed by atoms with Crippen molar-refractivity contribution in [2.75, 3.05) is 4.90 Å². The molecule has 0 unspecified atom stereocenters. The minimum absolute atomic E-state index is 0.826. The van der Waals surface area contributed by atoms with Crippen LogP contribution in [0.1, 0.15) is 0 Å². The van der Waals surface area contributed by atoms with Gasteiger partial charge in [0.25, 0.3) is 0 Å². The van der Waals surface area contributed by atoms with E-state index in [1.165, 1.54) is 16.2 Å². The number of rotatable bonds is 4. The van der Waals surface area contributed by atoms with Crippen LogP contribution in [0.15, 0.2) is 167 Å². The maximum absolute atomic E-state index is 6.35. The van der Waals surface area contributed by atoms with E-state index in [4.69, 9.17) is 13.8 Å². The maximum Gasteiger partial charge on any atom is 0.138 e. The lowest BCUT2D eigenvalue weighted by Gasteiger charge is -2.26. The van der Waals surface area contributed by atoms with Gasteiger partial charge in [0.1, 0.15) is 28.1 Å². The number of aromatic nitrogens is 1. The predicted octanol–water partition coefficient (Wildman–Crippen LogP) is 12.3. The van der Waals surface area contributed by atoms with Gasteiger partial charge in [-0.15, -0.1) is 0 Å². The molecule has 4 nitrogen and oxygen atoms in total. The van der Waals surface area contributed by atoms with Gasteiger partial charge in [0.15, 0.2) is 0 Å². The number of fused-ring (bicyclic) bond motifs is 9. The van der Waals surface area contributed by atoms with Crippen molar-refractivity contribution in [1.82, 2.24) is 4.98 Å². The molecule has 10 aromatic rings. The van der Waals surface area contributed by atoms with E-state index in [0.717, 1.165) is 77.7 Å². The van der Waals surface area contributed by atoms with E-state index in [-0.39, 0.29) is 0 Å². The molecule has 0 saturated carbocycles. The van der Waals surface area contributed by atoms with Gasteiger partial charge in [-0.1, -0.05) is 97.1 Å². The molecule has 3 heterocycles. The minimum atomic E-state index is 0.826. The molecule has 0 radical (unpaired) electrons. The van der Waals surface area contributed by atoms with Crippen LogP contribution < -0.4 is 4.90 Å². The van der Waals surface area contributed by atoms with Gasteiger partial charge in [0.2, 0.25) is 0 Å². The molecular formula is C43H26N2O2. The number of hydrogen-bond donors (Lipinski definition) is 0. The fourth-order valence-corrected chi connectivity index (χ4v) is 7.05. The molecule has 0 saturated heterocycles. The monoisotopic (exact) mass is 602 g/mol. The zero-order valence-corrected chi connectivity index (χ0v) is 25.2. The minimum Gasteiger partial charge on any atom is -0.456 e. The first-order valence-corrected chi connectivity index (χ1v) is 15.8. The summed E-state index contributed by atoms with van der Waals surface area (Å²) in [6.45, 7) is 0. The lowest BCUT2D eigenvalue weighted by molar-refractivity contribution is 0.669. The van der Waals surface area contributed by atoms with E-state index in [2.05, 4.69) is 126 Å². The topological polar surface area (TPSA) is 42.4 Å². The Labute approximate surface area is 269 Å². The summed E-state index contributed by atoms with van der Waals surface area (Å²) in [6, 6.07) is 54.9. The predicted molar refractivity (Wildman–Crippen MR) is 194 cm³/mol. The number of nitrogens with zero attached hydrogens (tertiary/aromatic N) is 2. The van der Waals surface area contributed by atoms with Crippen molar-refractivity contribution in [2.45, 2.75) is 0 Å². The summed E-state index contributed by atoms with van der Waals surface area (Å²) >= 11 is 0. The Hall–Kier alpha value is -6.39. The van der Waals surface area contributed by atoms with Crippen molar-refractivity contribution in [3.8, 4) is 11.3 Å². The Morgan fingerprint density at radius 3 is 2.00 bits per heavy atom. The van der Waals surface area contributed by atoms with Crippen molar-refractivity contribution in [3.63, 3.8) is 0 Å². The number of furan rings is 2. The largest absolute Gasteiger partial charge is 0.456 e. The molecular weight excluding hydrogens is 576 g/mol. The highest BCUT2D eigenvalue weighted by Gasteiger charge is 2.21. The SMILES string of the molecule is c1ccc(-c2cccc(N(c3ccc4ccc5cc6oc7ccccc7c6cc5c4c3)c3cccc4oc5ccccc5c34)n2)cc1. The fourth-order valence-electron chi connectivity index (χ4n) is 7.05. The number of hydrogen-bond acceptors (Lipinski definition) is 4. The van der Waals surface area contributed by atoms with Crippen molar-refractivity contribution in [2.24, 2.45) is 0 Å². The quantitative estimate of drug-likeness (QED) is 0.188. The Bertz CT molecular complexity index is 2810. The molecule has 3 aromatic heterocycles. The zero-order valence-electron chi connectivity index (χ0n) is 25.2. The molecule has 7 aromatic carbocycles. The summed E-state index contributed by atoms with van der Waals surface area (Å²) in [6.07, 6.45) is 0. The summed E-state index contributed by atoms with van der Waals surface area (Å²) in [7, 11) is 0. The van der Waals surface area contributed by atoms with Gasteiger partial charge in [-0.2, -0.15) is 0 Å². The highest BCUT2D eigenvalue weighted by molar-refractivity contribution is 6.18. The zero-order chi connectivity index (χ0) is 30.9. The first kappa shape index (κ1) is 25.9. The summed E-state index contributed by atoms with van der Waals surface area (Å²) in [5.41, 5.74) is 7.51. The number of benzene rings is 7. The summed E-state index contributed by atoms with van der Waals surface area (Å²) in [4.78, 5) is 7.53. The van der Waals surface area contributed by atoms with Crippen LogP contribution in [0.3, 0.4) is 0 Å². The van der Waals surface area contributed by atoms with E-state index >= 15 is 0 Å². The van der Waals surface area contributed by atoms with E-state index in [1.807, 2.05) is 36.4 Å². The van der Waals surface area contributed by atoms with Gasteiger partial charge in [-0.05, 0) is 82.2 Å². The van der Waals surface area contributed by atoms with Crippen molar-refractivity contribution in [1.29, 1.82) is 0 Å². The Morgan fingerprint density at radius 2 is 1.11 bits per heavy atom. The van der Waals surface area contributed by atoms with E-state index in [9.17, 15) is 0 Å². The van der Waals surface area contributed by atoms with Gasteiger partial charge < -0.3 is 8.83 Å². The van der Waals surface area contributed by atoms with Crippen LogP contribution in [0.4, 0.5) is 17.2 Å². The second-order valence-electron chi connectivity index (χ2n) is 12.0. The molecule has 0 spiro atoms. The van der Waals surface area contributed by atoms with Crippen LogP contribution in [0.2, 0.25) is 0 Å². The van der Waals surface area contributed by atoms with E-state index < -0.39 is 0 Å². The summed E-state index contributed by atoms with van der Waals surface area (Å²) in [5, 5.41) is 9.03. The van der Waals surface area contributed by atoms with Crippen LogP contribution >= 0.6 is 0 Å². The van der Waals surface area contributed by atoms with Crippen LogP contribution in [0, 0.1) is 0 Å². The Kier molecular flexibility index (Phi) is 5.54. The Morgan fingerprint density at radius 1 is 0.426 bits per heavy atom. The smallest absolute Gasteiger partial charge is 0.138 e. The highest BCUT2D eigenvalue weighted by atomic mass is 16.3. The normalized spacial score (nSPS) is 11.8. The molecule has 0 atom stereocenters. The van der Waals surface area contributed by atoms with Gasteiger partial charge in [0.05, 0.1) is 16.8 Å². The van der Waals surface area contributed by atoms with Crippen LogP contribution in [0.25, 0.3) is 76.7 Å². The molecule has 10 rings (SSSR count). The van der Waals surface area contributed by atoms with Crippen molar-refractivity contribution >= 4 is 82.6 Å². The molecule has 0 bridgehead atoms. The van der Waals surface area contributed by atoms with Gasteiger partial charge in [-0.25, -0.2) is 4.98 Å². The molecule has 0 aliphatic rings. The molecule has 0 aliphatic carbocycles. The third kappa shape index (κ3) is 4.05. The second-order valence-corrected chi connectivity index (χ2v) is 12.0. The summed E-state index contributed by atoms with van der Waals surface area (Å²) < 4.78 is 12.6. The summed E-state index contributed by atoms with van der Waals surface area (Å²) in [5.74, 6) is 0.826. The first-order chi connectivity index (χ1) is 23.3. The Balaban J connectivity index is 1.26. The molecule has 0 fully saturated rings. The molecule has 47 heavy (non-hydrogen) atoms. The average Bonchev–Trinajstić information content (AvgIpc) is 3.70. The number of pyridine rings is 1. The van der Waals surface area contributed by atoms with Gasteiger partial charge in [-0.3, -0.25) is 4.90 Å². The third-order valence-electron chi connectivity index (χ3n) is 9.23. The van der Waals surface area contributed by atoms with Crippen LogP contribution in [-0.2, 0) is 0 Å². The molecule has 0 aliphatic heterocycles.